The summed E-state index contributed by atoms with van der Waals surface area (Å²) < 4.78 is 11.4. The summed E-state index contributed by atoms with van der Waals surface area (Å²) in [6.45, 7) is 1.86. The minimum Gasteiger partial charge on any atom is -0.490 e. The summed E-state index contributed by atoms with van der Waals surface area (Å²) in [7, 11) is 0. The third-order valence-corrected chi connectivity index (χ3v) is 4.53. The highest BCUT2D eigenvalue weighted by molar-refractivity contribution is 7.99. The molecule has 0 spiro atoms. The van der Waals surface area contributed by atoms with Crippen molar-refractivity contribution in [1.82, 2.24) is 0 Å². The Bertz CT molecular complexity index is 648. The predicted molar refractivity (Wildman–Crippen MR) is 85.5 cm³/mol. The summed E-state index contributed by atoms with van der Waals surface area (Å²) in [6, 6.07) is 11.8. The average Bonchev–Trinajstić information content (AvgIpc) is 2.74. The van der Waals surface area contributed by atoms with Gasteiger partial charge < -0.3 is 15.2 Å². The van der Waals surface area contributed by atoms with E-state index < -0.39 is 0 Å². The molecule has 3 rings (SSSR count). The summed E-state index contributed by atoms with van der Waals surface area (Å²) in [5.74, 6) is 1.62. The average molecular weight is 322 g/mol. The van der Waals surface area contributed by atoms with Crippen LogP contribution < -0.4 is 15.2 Å². The first-order chi connectivity index (χ1) is 10.3. The number of nitrogens with two attached hydrogens (primary N) is 1. The van der Waals surface area contributed by atoms with Gasteiger partial charge in [-0.2, -0.15) is 0 Å². The van der Waals surface area contributed by atoms with Gasteiger partial charge in [0.2, 0.25) is 0 Å². The molecule has 0 atom stereocenters. The Labute approximate surface area is 133 Å². The Kier molecular flexibility index (Phi) is 4.58. The van der Waals surface area contributed by atoms with E-state index in [0.717, 1.165) is 33.3 Å². The lowest BCUT2D eigenvalue weighted by molar-refractivity contribution is 0.297. The van der Waals surface area contributed by atoms with Crippen molar-refractivity contribution >= 4 is 23.4 Å². The van der Waals surface area contributed by atoms with Gasteiger partial charge in [-0.05, 0) is 42.0 Å². The maximum atomic E-state index is 6.01. The number of rotatable bonds is 3. The fraction of sp³-hybridized carbons (Fsp3) is 0.250. The van der Waals surface area contributed by atoms with Gasteiger partial charge >= 0.3 is 0 Å². The molecule has 21 heavy (non-hydrogen) atoms. The fourth-order valence-corrected chi connectivity index (χ4v) is 3.30. The normalized spacial score (nSPS) is 13.8. The van der Waals surface area contributed by atoms with Crippen LogP contribution in [-0.2, 0) is 6.54 Å². The summed E-state index contributed by atoms with van der Waals surface area (Å²) in [5, 5.41) is 0.707. The molecule has 110 valence electrons. The van der Waals surface area contributed by atoms with Crippen LogP contribution in [0.15, 0.2) is 46.2 Å². The van der Waals surface area contributed by atoms with Crippen LogP contribution in [0, 0.1) is 0 Å². The standard InChI is InChI=1S/C16H16ClNO2S/c17-12-2-5-16(11(8-12)10-18)21-13-3-4-14-15(9-13)20-7-1-6-19-14/h2-5,8-9H,1,6-7,10,18H2. The molecular weight excluding hydrogens is 306 g/mol. The number of halogens is 1. The van der Waals surface area contributed by atoms with Crippen molar-refractivity contribution in [3.05, 3.63) is 47.0 Å². The number of fused-ring (bicyclic) bond motifs is 1. The van der Waals surface area contributed by atoms with Gasteiger partial charge in [0.1, 0.15) is 0 Å². The van der Waals surface area contributed by atoms with Gasteiger partial charge in [-0.25, -0.2) is 0 Å². The van der Waals surface area contributed by atoms with E-state index in [-0.39, 0.29) is 0 Å². The molecule has 2 N–H and O–H groups in total. The van der Waals surface area contributed by atoms with E-state index in [2.05, 4.69) is 0 Å². The van der Waals surface area contributed by atoms with Gasteiger partial charge in [0, 0.05) is 27.8 Å². The lowest BCUT2D eigenvalue weighted by Gasteiger charge is -2.11. The van der Waals surface area contributed by atoms with Crippen LogP contribution in [-0.4, -0.2) is 13.2 Å². The highest BCUT2D eigenvalue weighted by atomic mass is 35.5. The molecule has 0 saturated carbocycles. The minimum atomic E-state index is 0.466. The summed E-state index contributed by atoms with van der Waals surface area (Å²) in [4.78, 5) is 2.20. The van der Waals surface area contributed by atoms with Crippen molar-refractivity contribution in [2.75, 3.05) is 13.2 Å². The van der Waals surface area contributed by atoms with Gasteiger partial charge in [-0.1, -0.05) is 23.4 Å². The van der Waals surface area contributed by atoms with Gasteiger partial charge in [0.25, 0.3) is 0 Å². The quantitative estimate of drug-likeness (QED) is 0.924. The van der Waals surface area contributed by atoms with Gasteiger partial charge in [-0.15, -0.1) is 0 Å². The SMILES string of the molecule is NCc1cc(Cl)ccc1Sc1ccc2c(c1)OCCCO2. The van der Waals surface area contributed by atoms with Gasteiger partial charge in [0.15, 0.2) is 11.5 Å². The monoisotopic (exact) mass is 321 g/mol. The van der Waals surface area contributed by atoms with Crippen molar-refractivity contribution in [3.8, 4) is 11.5 Å². The van der Waals surface area contributed by atoms with Crippen LogP contribution in [0.4, 0.5) is 0 Å². The van der Waals surface area contributed by atoms with E-state index in [1.54, 1.807) is 11.8 Å². The van der Waals surface area contributed by atoms with Crippen LogP contribution in [0.25, 0.3) is 0 Å². The van der Waals surface area contributed by atoms with Crippen LogP contribution in [0.3, 0.4) is 0 Å². The van der Waals surface area contributed by atoms with E-state index in [4.69, 9.17) is 26.8 Å². The van der Waals surface area contributed by atoms with E-state index >= 15 is 0 Å². The molecule has 1 heterocycles. The number of hydrogen-bond donors (Lipinski definition) is 1. The lowest BCUT2D eigenvalue weighted by Crippen LogP contribution is -1.98. The summed E-state index contributed by atoms with van der Waals surface area (Å²) in [6.07, 6.45) is 0.908. The Morgan fingerprint density at radius 1 is 1.05 bits per heavy atom. The second kappa shape index (κ2) is 6.60. The molecule has 2 aromatic rings. The fourth-order valence-electron chi connectivity index (χ4n) is 2.14. The zero-order chi connectivity index (χ0) is 14.7. The molecule has 2 aromatic carbocycles. The molecule has 5 heteroatoms. The molecule has 0 amide bonds. The van der Waals surface area contributed by atoms with E-state index in [1.807, 2.05) is 36.4 Å². The van der Waals surface area contributed by atoms with Crippen LogP contribution in [0.1, 0.15) is 12.0 Å². The summed E-state index contributed by atoms with van der Waals surface area (Å²) in [5.41, 5.74) is 6.83. The second-order valence-electron chi connectivity index (χ2n) is 4.72. The predicted octanol–water partition coefficient (Wildman–Crippen LogP) is 4.11. The molecule has 1 aliphatic rings. The lowest BCUT2D eigenvalue weighted by atomic mass is 10.2. The van der Waals surface area contributed by atoms with Crippen molar-refractivity contribution in [1.29, 1.82) is 0 Å². The van der Waals surface area contributed by atoms with Crippen LogP contribution in [0.2, 0.25) is 5.02 Å². The third kappa shape index (κ3) is 3.46. The first-order valence-corrected chi connectivity index (χ1v) is 8.02. The van der Waals surface area contributed by atoms with Crippen LogP contribution in [0.5, 0.6) is 11.5 Å². The molecule has 0 fully saturated rings. The Morgan fingerprint density at radius 3 is 2.67 bits per heavy atom. The van der Waals surface area contributed by atoms with Crippen LogP contribution >= 0.6 is 23.4 Å². The zero-order valence-corrected chi connectivity index (χ0v) is 13.0. The van der Waals surface area contributed by atoms with Crippen molar-refractivity contribution in [2.45, 2.75) is 22.8 Å². The smallest absolute Gasteiger partial charge is 0.162 e. The maximum absolute atomic E-state index is 6.01. The first-order valence-electron chi connectivity index (χ1n) is 6.82. The van der Waals surface area contributed by atoms with Crippen molar-refractivity contribution in [2.24, 2.45) is 5.73 Å². The number of benzene rings is 2. The Morgan fingerprint density at radius 2 is 1.86 bits per heavy atom. The van der Waals surface area contributed by atoms with Crippen molar-refractivity contribution in [3.63, 3.8) is 0 Å². The molecule has 0 saturated heterocycles. The van der Waals surface area contributed by atoms with E-state index in [1.165, 1.54) is 0 Å². The zero-order valence-electron chi connectivity index (χ0n) is 11.5. The highest BCUT2D eigenvalue weighted by Crippen LogP contribution is 2.38. The first kappa shape index (κ1) is 14.6. The Balaban J connectivity index is 1.87. The molecule has 0 unspecified atom stereocenters. The maximum Gasteiger partial charge on any atom is 0.162 e. The van der Waals surface area contributed by atoms with E-state index in [0.29, 0.717) is 24.8 Å². The van der Waals surface area contributed by atoms with E-state index in [9.17, 15) is 0 Å². The largest absolute Gasteiger partial charge is 0.490 e. The minimum absolute atomic E-state index is 0.466. The molecule has 1 aliphatic heterocycles. The molecule has 0 aliphatic carbocycles. The highest BCUT2D eigenvalue weighted by Gasteiger charge is 2.12. The van der Waals surface area contributed by atoms with Crippen molar-refractivity contribution < 1.29 is 9.47 Å². The van der Waals surface area contributed by atoms with Gasteiger partial charge in [0.05, 0.1) is 13.2 Å². The Hall–Kier alpha value is -1.36. The number of hydrogen-bond acceptors (Lipinski definition) is 4. The molecule has 3 nitrogen and oxygen atoms in total. The molecule has 0 aromatic heterocycles. The third-order valence-electron chi connectivity index (χ3n) is 3.19. The molecule has 0 radical (unpaired) electrons. The number of ether oxygens (including phenoxy) is 2. The summed E-state index contributed by atoms with van der Waals surface area (Å²) >= 11 is 7.66. The topological polar surface area (TPSA) is 44.5 Å². The molecular formula is C16H16ClNO2S. The molecule has 0 bridgehead atoms. The van der Waals surface area contributed by atoms with Gasteiger partial charge in [-0.3, -0.25) is 0 Å². The second-order valence-corrected chi connectivity index (χ2v) is 6.27.